The van der Waals surface area contributed by atoms with E-state index in [1.807, 2.05) is 24.3 Å². The lowest BCUT2D eigenvalue weighted by Gasteiger charge is -2.00. The first-order valence-electron chi connectivity index (χ1n) is 5.47. The number of aryl methyl sites for hydroxylation is 1. The summed E-state index contributed by atoms with van der Waals surface area (Å²) in [6.07, 6.45) is 3.29. The van der Waals surface area contributed by atoms with Crippen LogP contribution < -0.4 is 11.3 Å². The Morgan fingerprint density at radius 3 is 2.65 bits per heavy atom. The van der Waals surface area contributed by atoms with E-state index >= 15 is 0 Å². The van der Waals surface area contributed by atoms with E-state index in [2.05, 4.69) is 21.0 Å². The minimum Gasteiger partial charge on any atom is -0.330 e. The topological polar surface area (TPSA) is 63.8 Å². The van der Waals surface area contributed by atoms with Crippen molar-refractivity contribution in [2.24, 2.45) is 5.73 Å². The van der Waals surface area contributed by atoms with Gasteiger partial charge in [0.1, 0.15) is 0 Å². The molecule has 5 heteroatoms. The smallest absolute Gasteiger partial charge is 0.274 e. The fourth-order valence-electron chi connectivity index (χ4n) is 1.66. The first-order chi connectivity index (χ1) is 8.22. The highest BCUT2D eigenvalue weighted by Crippen LogP contribution is 2.12. The molecule has 2 rings (SSSR count). The number of aromatic amines is 1. The largest absolute Gasteiger partial charge is 0.330 e. The molecule has 0 aliphatic heterocycles. The zero-order chi connectivity index (χ0) is 12.3. The Morgan fingerprint density at radius 1 is 1.29 bits per heavy atom. The van der Waals surface area contributed by atoms with Crippen LogP contribution in [0, 0.1) is 0 Å². The molecule has 2 aromatic rings. The fourth-order valence-corrected chi connectivity index (χ4v) is 1.92. The van der Waals surface area contributed by atoms with Gasteiger partial charge in [-0.3, -0.25) is 9.89 Å². The molecule has 0 unspecified atom stereocenters. The quantitative estimate of drug-likeness (QED) is 0.904. The van der Waals surface area contributed by atoms with Crippen LogP contribution in [0.4, 0.5) is 0 Å². The molecule has 0 saturated carbocycles. The molecule has 0 aliphatic carbocycles. The Balaban J connectivity index is 2.31. The molecular weight excluding hydrogens is 282 g/mol. The van der Waals surface area contributed by atoms with E-state index in [9.17, 15) is 4.79 Å². The van der Waals surface area contributed by atoms with Crippen LogP contribution in [0.5, 0.6) is 0 Å². The number of hydrogen-bond acceptors (Lipinski definition) is 2. The van der Waals surface area contributed by atoms with E-state index in [4.69, 9.17) is 5.73 Å². The summed E-state index contributed by atoms with van der Waals surface area (Å²) in [5.74, 6) is 0. The lowest BCUT2D eigenvalue weighted by atomic mass is 10.2. The van der Waals surface area contributed by atoms with E-state index < -0.39 is 0 Å². The summed E-state index contributed by atoms with van der Waals surface area (Å²) >= 11 is 3.36. The van der Waals surface area contributed by atoms with Gasteiger partial charge in [0.2, 0.25) is 0 Å². The van der Waals surface area contributed by atoms with Gasteiger partial charge in [-0.15, -0.1) is 0 Å². The van der Waals surface area contributed by atoms with Gasteiger partial charge >= 0.3 is 0 Å². The molecule has 1 heterocycles. The minimum atomic E-state index is 0.000715. The maximum absolute atomic E-state index is 12.0. The van der Waals surface area contributed by atoms with Gasteiger partial charge in [0.05, 0.1) is 5.69 Å². The molecular formula is C12H14BrN3O. The predicted octanol–water partition coefficient (Wildman–Crippen LogP) is 1.82. The summed E-state index contributed by atoms with van der Waals surface area (Å²) in [7, 11) is 0. The van der Waals surface area contributed by atoms with Gasteiger partial charge in [-0.2, -0.15) is 0 Å². The number of nitrogens with two attached hydrogens (primary N) is 1. The molecule has 4 nitrogen and oxygen atoms in total. The van der Waals surface area contributed by atoms with E-state index in [1.165, 1.54) is 4.68 Å². The van der Waals surface area contributed by atoms with Crippen molar-refractivity contribution in [2.75, 3.05) is 6.54 Å². The van der Waals surface area contributed by atoms with Crippen LogP contribution in [0.2, 0.25) is 0 Å². The summed E-state index contributed by atoms with van der Waals surface area (Å²) in [4.78, 5) is 12.0. The highest BCUT2D eigenvalue weighted by molar-refractivity contribution is 9.10. The van der Waals surface area contributed by atoms with Gasteiger partial charge in [0.25, 0.3) is 5.56 Å². The zero-order valence-electron chi connectivity index (χ0n) is 9.32. The molecule has 0 radical (unpaired) electrons. The van der Waals surface area contributed by atoms with E-state index in [0.717, 1.165) is 28.6 Å². The molecule has 0 saturated heterocycles. The van der Waals surface area contributed by atoms with Crippen LogP contribution >= 0.6 is 15.9 Å². The summed E-state index contributed by atoms with van der Waals surface area (Å²) in [6, 6.07) is 7.58. The first kappa shape index (κ1) is 12.1. The third kappa shape index (κ3) is 2.68. The molecule has 0 aliphatic rings. The van der Waals surface area contributed by atoms with Crippen molar-refractivity contribution in [2.45, 2.75) is 12.8 Å². The van der Waals surface area contributed by atoms with Crippen LogP contribution in [0.15, 0.2) is 39.7 Å². The molecule has 0 atom stereocenters. The summed E-state index contributed by atoms with van der Waals surface area (Å²) in [6.45, 7) is 0.600. The highest BCUT2D eigenvalue weighted by atomic mass is 79.9. The van der Waals surface area contributed by atoms with Crippen molar-refractivity contribution in [3.05, 3.63) is 50.9 Å². The SMILES string of the molecule is NCCCc1c[nH]n(-c2ccc(Br)cc2)c1=O. The Labute approximate surface area is 108 Å². The van der Waals surface area contributed by atoms with Gasteiger partial charge in [-0.05, 0) is 43.7 Å². The van der Waals surface area contributed by atoms with Crippen molar-refractivity contribution >= 4 is 15.9 Å². The van der Waals surface area contributed by atoms with Crippen LogP contribution in [-0.4, -0.2) is 16.3 Å². The average Bonchev–Trinajstić information content (AvgIpc) is 2.69. The normalized spacial score (nSPS) is 10.7. The highest BCUT2D eigenvalue weighted by Gasteiger charge is 2.06. The lowest BCUT2D eigenvalue weighted by Crippen LogP contribution is -2.17. The molecule has 0 spiro atoms. The fraction of sp³-hybridized carbons (Fsp3) is 0.250. The third-order valence-corrected chi connectivity index (χ3v) is 3.11. The third-order valence-electron chi connectivity index (χ3n) is 2.58. The van der Waals surface area contributed by atoms with E-state index in [-0.39, 0.29) is 5.56 Å². The molecule has 1 aromatic carbocycles. The maximum atomic E-state index is 12.0. The van der Waals surface area contributed by atoms with Crippen LogP contribution in [-0.2, 0) is 6.42 Å². The molecule has 90 valence electrons. The summed E-state index contributed by atoms with van der Waals surface area (Å²) in [5, 5.41) is 2.97. The van der Waals surface area contributed by atoms with E-state index in [1.54, 1.807) is 6.20 Å². The number of nitrogens with zero attached hydrogens (tertiary/aromatic N) is 1. The number of rotatable bonds is 4. The molecule has 0 bridgehead atoms. The van der Waals surface area contributed by atoms with Gasteiger partial charge in [-0.25, -0.2) is 4.68 Å². The van der Waals surface area contributed by atoms with Gasteiger partial charge < -0.3 is 5.73 Å². The number of aromatic nitrogens is 2. The number of benzene rings is 1. The number of hydrogen-bond donors (Lipinski definition) is 2. The van der Waals surface area contributed by atoms with Crippen molar-refractivity contribution < 1.29 is 0 Å². The monoisotopic (exact) mass is 295 g/mol. The van der Waals surface area contributed by atoms with Crippen molar-refractivity contribution in [3.8, 4) is 5.69 Å². The Bertz CT molecular complexity index is 542. The van der Waals surface area contributed by atoms with Crippen LogP contribution in [0.25, 0.3) is 5.69 Å². The van der Waals surface area contributed by atoms with Crippen LogP contribution in [0.3, 0.4) is 0 Å². The number of halogens is 1. The maximum Gasteiger partial charge on any atom is 0.274 e. The Morgan fingerprint density at radius 2 is 2.00 bits per heavy atom. The lowest BCUT2D eigenvalue weighted by molar-refractivity contribution is 0.816. The van der Waals surface area contributed by atoms with Crippen molar-refractivity contribution in [1.82, 2.24) is 9.78 Å². The van der Waals surface area contributed by atoms with Crippen molar-refractivity contribution in [3.63, 3.8) is 0 Å². The summed E-state index contributed by atoms with van der Waals surface area (Å²) in [5.41, 5.74) is 7.04. The Hall–Kier alpha value is -1.33. The molecule has 0 fully saturated rings. The molecule has 1 aromatic heterocycles. The predicted molar refractivity (Wildman–Crippen MR) is 71.5 cm³/mol. The van der Waals surface area contributed by atoms with Crippen molar-refractivity contribution in [1.29, 1.82) is 0 Å². The molecule has 17 heavy (non-hydrogen) atoms. The molecule has 0 amide bonds. The van der Waals surface area contributed by atoms with Gasteiger partial charge in [-0.1, -0.05) is 15.9 Å². The average molecular weight is 296 g/mol. The minimum absolute atomic E-state index is 0.000715. The standard InChI is InChI=1S/C12H14BrN3O/c13-10-3-5-11(6-4-10)16-12(17)9(8-15-16)2-1-7-14/h3-6,8,15H,1-2,7,14H2. The second-order valence-corrected chi connectivity index (χ2v) is 4.72. The van der Waals surface area contributed by atoms with E-state index in [0.29, 0.717) is 6.54 Å². The number of nitrogens with one attached hydrogen (secondary N) is 1. The van der Waals surface area contributed by atoms with Crippen LogP contribution in [0.1, 0.15) is 12.0 Å². The first-order valence-corrected chi connectivity index (χ1v) is 6.27. The second kappa shape index (κ2) is 5.33. The van der Waals surface area contributed by atoms with Gasteiger partial charge in [0, 0.05) is 16.2 Å². The molecule has 3 N–H and O–H groups in total. The Kier molecular flexibility index (Phi) is 3.81. The number of H-pyrrole nitrogens is 1. The zero-order valence-corrected chi connectivity index (χ0v) is 10.9. The summed E-state index contributed by atoms with van der Waals surface area (Å²) < 4.78 is 2.53. The van der Waals surface area contributed by atoms with Gasteiger partial charge in [0.15, 0.2) is 0 Å². The second-order valence-electron chi connectivity index (χ2n) is 3.81.